The number of nitrogens with two attached hydrogens (primary N) is 2. The van der Waals surface area contributed by atoms with Crippen LogP contribution in [0.3, 0.4) is 0 Å². The fourth-order valence-corrected chi connectivity index (χ4v) is 3.61. The second-order valence-corrected chi connectivity index (χ2v) is 7.06. The number of aromatic nitrogens is 3. The number of nitrogens with zero attached hydrogens (tertiary/aromatic N) is 4. The molecular weight excluding hydrogens is 348 g/mol. The van der Waals surface area contributed by atoms with E-state index in [2.05, 4.69) is 15.0 Å². The second-order valence-electron chi connectivity index (χ2n) is 5.62. The maximum atomic E-state index is 10.1. The molecule has 3 rings (SSSR count). The Hall–Kier alpha value is -1.61. The Morgan fingerprint density at radius 3 is 2.83 bits per heavy atom. The first-order valence-electron chi connectivity index (χ1n) is 7.61. The molecule has 0 bridgehead atoms. The molecule has 3 heterocycles. The van der Waals surface area contributed by atoms with E-state index in [0.29, 0.717) is 29.0 Å². The lowest BCUT2D eigenvalue weighted by molar-refractivity contribution is 0.0970. The van der Waals surface area contributed by atoms with Gasteiger partial charge in [-0.3, -0.25) is 0 Å². The van der Waals surface area contributed by atoms with Crippen molar-refractivity contribution in [1.29, 1.82) is 0 Å². The van der Waals surface area contributed by atoms with Gasteiger partial charge >= 0.3 is 0 Å². The van der Waals surface area contributed by atoms with Crippen LogP contribution in [-0.4, -0.2) is 45.8 Å². The minimum atomic E-state index is -0.432. The second kappa shape index (κ2) is 7.52. The summed E-state index contributed by atoms with van der Waals surface area (Å²) in [5.41, 5.74) is 11.4. The molecule has 2 atom stereocenters. The quantitative estimate of drug-likeness (QED) is 0.744. The van der Waals surface area contributed by atoms with Gasteiger partial charge in [-0.25, -0.2) is 15.0 Å². The summed E-state index contributed by atoms with van der Waals surface area (Å²) in [6.45, 7) is 1.84. The Balaban J connectivity index is 1.69. The van der Waals surface area contributed by atoms with Crippen LogP contribution in [0.5, 0.6) is 0 Å². The van der Waals surface area contributed by atoms with Gasteiger partial charge in [-0.1, -0.05) is 23.4 Å². The zero-order valence-corrected chi connectivity index (χ0v) is 14.5. The number of β-amino-alcohol motifs (C(OH)–C–C–N with tert-alkyl or cyclic N) is 1. The third-order valence-corrected chi connectivity index (χ3v) is 5.55. The molecule has 24 heavy (non-hydrogen) atoms. The monoisotopic (exact) mass is 366 g/mol. The van der Waals surface area contributed by atoms with E-state index in [4.69, 9.17) is 23.1 Å². The maximum Gasteiger partial charge on any atom is 0.147 e. The van der Waals surface area contributed by atoms with Gasteiger partial charge in [0.05, 0.1) is 23.5 Å². The SMILES string of the molecule is NCC1CCN(c2cnc(Sc3ccnc(N)c3Cl)cn2)CC1O. The van der Waals surface area contributed by atoms with E-state index in [9.17, 15) is 5.11 Å². The molecule has 1 saturated heterocycles. The predicted octanol–water partition coefficient (Wildman–Crippen LogP) is 1.40. The smallest absolute Gasteiger partial charge is 0.147 e. The number of halogens is 1. The van der Waals surface area contributed by atoms with Crippen molar-refractivity contribution in [1.82, 2.24) is 15.0 Å². The molecule has 9 heteroatoms. The summed E-state index contributed by atoms with van der Waals surface area (Å²) in [7, 11) is 0. The van der Waals surface area contributed by atoms with Gasteiger partial charge < -0.3 is 21.5 Å². The first kappa shape index (κ1) is 17.2. The predicted molar refractivity (Wildman–Crippen MR) is 95.2 cm³/mol. The third kappa shape index (κ3) is 3.72. The summed E-state index contributed by atoms with van der Waals surface area (Å²) in [4.78, 5) is 15.6. The molecule has 0 spiro atoms. The number of hydrogen-bond donors (Lipinski definition) is 3. The van der Waals surface area contributed by atoms with Gasteiger partial charge in [-0.15, -0.1) is 0 Å². The summed E-state index contributed by atoms with van der Waals surface area (Å²) in [5, 5.41) is 11.2. The summed E-state index contributed by atoms with van der Waals surface area (Å²) in [6, 6.07) is 1.78. The number of anilines is 2. The van der Waals surface area contributed by atoms with E-state index in [1.165, 1.54) is 11.8 Å². The third-order valence-electron chi connectivity index (χ3n) is 4.06. The van der Waals surface area contributed by atoms with Crippen molar-refractivity contribution in [2.45, 2.75) is 22.4 Å². The molecule has 5 N–H and O–H groups in total. The number of rotatable bonds is 4. The van der Waals surface area contributed by atoms with E-state index >= 15 is 0 Å². The van der Waals surface area contributed by atoms with E-state index < -0.39 is 6.10 Å². The van der Waals surface area contributed by atoms with Crippen LogP contribution in [0, 0.1) is 5.92 Å². The van der Waals surface area contributed by atoms with Gasteiger partial charge in [0.25, 0.3) is 0 Å². The minimum absolute atomic E-state index is 0.156. The molecule has 0 aliphatic carbocycles. The highest BCUT2D eigenvalue weighted by atomic mass is 35.5. The van der Waals surface area contributed by atoms with E-state index in [-0.39, 0.29) is 5.92 Å². The average Bonchev–Trinajstić information content (AvgIpc) is 2.59. The molecule has 1 fully saturated rings. The van der Waals surface area contributed by atoms with Crippen LogP contribution < -0.4 is 16.4 Å². The molecule has 128 valence electrons. The van der Waals surface area contributed by atoms with Crippen LogP contribution in [-0.2, 0) is 0 Å². The fourth-order valence-electron chi connectivity index (χ4n) is 2.62. The van der Waals surface area contributed by atoms with Crippen LogP contribution in [0.25, 0.3) is 0 Å². The van der Waals surface area contributed by atoms with Crippen molar-refractivity contribution in [3.05, 3.63) is 29.7 Å². The topological polar surface area (TPSA) is 114 Å². The highest BCUT2D eigenvalue weighted by molar-refractivity contribution is 7.99. The van der Waals surface area contributed by atoms with E-state index in [1.54, 1.807) is 24.7 Å². The molecule has 1 aliphatic heterocycles. The Morgan fingerprint density at radius 2 is 2.17 bits per heavy atom. The minimum Gasteiger partial charge on any atom is -0.391 e. The van der Waals surface area contributed by atoms with Gasteiger partial charge in [0, 0.05) is 30.1 Å². The lowest BCUT2D eigenvalue weighted by atomic mass is 9.94. The highest BCUT2D eigenvalue weighted by Gasteiger charge is 2.27. The lowest BCUT2D eigenvalue weighted by Crippen LogP contribution is -2.46. The molecule has 0 saturated carbocycles. The number of piperidine rings is 1. The van der Waals surface area contributed by atoms with Crippen molar-refractivity contribution in [2.75, 3.05) is 30.3 Å². The van der Waals surface area contributed by atoms with Gasteiger partial charge in [0.2, 0.25) is 0 Å². The largest absolute Gasteiger partial charge is 0.391 e. The Morgan fingerprint density at radius 1 is 1.33 bits per heavy atom. The zero-order chi connectivity index (χ0) is 17.1. The number of pyridine rings is 1. The van der Waals surface area contributed by atoms with Crippen molar-refractivity contribution in [3.63, 3.8) is 0 Å². The first-order valence-corrected chi connectivity index (χ1v) is 8.81. The molecule has 0 amide bonds. The fraction of sp³-hybridized carbons (Fsp3) is 0.400. The van der Waals surface area contributed by atoms with Gasteiger partial charge in [0.15, 0.2) is 0 Å². The van der Waals surface area contributed by atoms with Crippen molar-refractivity contribution in [3.8, 4) is 0 Å². The molecule has 0 aromatic carbocycles. The Bertz CT molecular complexity index is 701. The van der Waals surface area contributed by atoms with Crippen LogP contribution in [0.15, 0.2) is 34.6 Å². The first-order chi connectivity index (χ1) is 11.6. The van der Waals surface area contributed by atoms with Crippen molar-refractivity contribution < 1.29 is 5.11 Å². The Labute approximate surface area is 149 Å². The van der Waals surface area contributed by atoms with Crippen LogP contribution >= 0.6 is 23.4 Å². The Kier molecular flexibility index (Phi) is 5.40. The zero-order valence-electron chi connectivity index (χ0n) is 13.0. The summed E-state index contributed by atoms with van der Waals surface area (Å²) in [5.74, 6) is 1.19. The number of aliphatic hydroxyl groups excluding tert-OH is 1. The van der Waals surface area contributed by atoms with Crippen LogP contribution in [0.4, 0.5) is 11.6 Å². The van der Waals surface area contributed by atoms with Gasteiger partial charge in [-0.2, -0.15) is 0 Å². The van der Waals surface area contributed by atoms with Crippen molar-refractivity contribution in [2.24, 2.45) is 11.7 Å². The molecule has 0 radical (unpaired) electrons. The lowest BCUT2D eigenvalue weighted by Gasteiger charge is -2.35. The molecule has 2 aromatic heterocycles. The summed E-state index contributed by atoms with van der Waals surface area (Å²) < 4.78 is 0. The molecule has 1 aliphatic rings. The average molecular weight is 367 g/mol. The van der Waals surface area contributed by atoms with Gasteiger partial charge in [0.1, 0.15) is 16.7 Å². The van der Waals surface area contributed by atoms with Crippen molar-refractivity contribution >= 4 is 35.0 Å². The standard InChI is InChI=1S/C15H19ClN6OS/c16-14-11(1-3-19-15(14)18)24-13-7-20-12(6-21-13)22-4-2-9(5-17)10(23)8-22/h1,3,6-7,9-10,23H,2,4-5,8,17H2,(H2,18,19). The van der Waals surface area contributed by atoms with E-state index in [1.807, 2.05) is 4.90 Å². The maximum absolute atomic E-state index is 10.1. The van der Waals surface area contributed by atoms with E-state index in [0.717, 1.165) is 23.7 Å². The summed E-state index contributed by atoms with van der Waals surface area (Å²) in [6.07, 6.45) is 5.42. The molecule has 2 aromatic rings. The summed E-state index contributed by atoms with van der Waals surface area (Å²) >= 11 is 7.52. The molecular formula is C15H19ClN6OS. The van der Waals surface area contributed by atoms with Gasteiger partial charge in [-0.05, 0) is 19.0 Å². The van der Waals surface area contributed by atoms with Crippen LogP contribution in [0.1, 0.15) is 6.42 Å². The number of aliphatic hydroxyl groups is 1. The normalized spacial score (nSPS) is 21.0. The number of hydrogen-bond acceptors (Lipinski definition) is 8. The molecule has 2 unspecified atom stereocenters. The molecule has 7 nitrogen and oxygen atoms in total. The van der Waals surface area contributed by atoms with Crippen LogP contribution in [0.2, 0.25) is 5.02 Å². The highest BCUT2D eigenvalue weighted by Crippen LogP contribution is 2.34. The number of nitrogen functional groups attached to an aromatic ring is 1.